The molecule has 1 aliphatic carbocycles. The number of anilines is 1. The molecule has 1 aromatic rings. The van der Waals surface area contributed by atoms with E-state index in [0.29, 0.717) is 6.04 Å². The second-order valence-corrected chi connectivity index (χ2v) is 8.19. The lowest BCUT2D eigenvalue weighted by Crippen LogP contribution is -2.39. The van der Waals surface area contributed by atoms with Gasteiger partial charge in [0.2, 0.25) is 5.91 Å². The highest BCUT2D eigenvalue weighted by Gasteiger charge is 2.28. The van der Waals surface area contributed by atoms with Crippen molar-refractivity contribution < 1.29 is 4.79 Å². The number of nitrogens with one attached hydrogen (secondary N) is 1. The summed E-state index contributed by atoms with van der Waals surface area (Å²) >= 11 is 0. The zero-order valence-electron chi connectivity index (χ0n) is 14.7. The van der Waals surface area contributed by atoms with Crippen LogP contribution >= 0.6 is 0 Å². The quantitative estimate of drug-likeness (QED) is 0.926. The summed E-state index contributed by atoms with van der Waals surface area (Å²) < 4.78 is 2.02. The number of likely N-dealkylation sites (tertiary alicyclic amines) is 1. The zero-order valence-corrected chi connectivity index (χ0v) is 14.7. The van der Waals surface area contributed by atoms with Gasteiger partial charge >= 0.3 is 0 Å². The van der Waals surface area contributed by atoms with Gasteiger partial charge in [0, 0.05) is 31.1 Å². The summed E-state index contributed by atoms with van der Waals surface area (Å²) in [5.74, 6) is 1.82. The fourth-order valence-corrected chi connectivity index (χ4v) is 3.40. The second kappa shape index (κ2) is 6.63. The van der Waals surface area contributed by atoms with Crippen LogP contribution in [-0.4, -0.2) is 40.2 Å². The van der Waals surface area contributed by atoms with Gasteiger partial charge in [-0.25, -0.2) is 4.68 Å². The molecule has 0 bridgehead atoms. The average molecular weight is 318 g/mol. The van der Waals surface area contributed by atoms with E-state index in [1.165, 1.54) is 25.8 Å². The molecule has 2 fully saturated rings. The van der Waals surface area contributed by atoms with Gasteiger partial charge in [-0.1, -0.05) is 27.2 Å². The van der Waals surface area contributed by atoms with Gasteiger partial charge in [0.15, 0.2) is 0 Å². The predicted octanol–water partition coefficient (Wildman–Crippen LogP) is 3.30. The molecule has 0 spiro atoms. The number of aromatic nitrogens is 2. The van der Waals surface area contributed by atoms with Gasteiger partial charge in [-0.3, -0.25) is 4.79 Å². The van der Waals surface area contributed by atoms with Gasteiger partial charge in [0.1, 0.15) is 5.82 Å². The van der Waals surface area contributed by atoms with Gasteiger partial charge in [-0.05, 0) is 31.6 Å². The SMILES string of the molecule is CC(C)(C)C(=O)Nc1ccnn1C1CCN(CC2CCC2)CC1. The molecule has 128 valence electrons. The first kappa shape index (κ1) is 16.5. The third-order valence-electron chi connectivity index (χ3n) is 5.24. The summed E-state index contributed by atoms with van der Waals surface area (Å²) in [6.45, 7) is 9.37. The summed E-state index contributed by atoms with van der Waals surface area (Å²) in [4.78, 5) is 14.8. The highest BCUT2D eigenvalue weighted by Crippen LogP contribution is 2.30. The molecule has 1 amide bonds. The largest absolute Gasteiger partial charge is 0.310 e. The van der Waals surface area contributed by atoms with Crippen molar-refractivity contribution in [3.8, 4) is 0 Å². The van der Waals surface area contributed by atoms with E-state index in [4.69, 9.17) is 0 Å². The van der Waals surface area contributed by atoms with E-state index >= 15 is 0 Å². The van der Waals surface area contributed by atoms with E-state index in [1.54, 1.807) is 6.20 Å². The monoisotopic (exact) mass is 318 g/mol. The molecule has 1 saturated heterocycles. The highest BCUT2D eigenvalue weighted by atomic mass is 16.2. The fraction of sp³-hybridized carbons (Fsp3) is 0.778. The third-order valence-corrected chi connectivity index (χ3v) is 5.24. The standard InChI is InChI=1S/C18H30N4O/c1-18(2,3)17(23)20-16-7-10-19-22(16)15-8-11-21(12-9-15)13-14-5-4-6-14/h7,10,14-15H,4-6,8-9,11-13H2,1-3H3,(H,20,23). The first-order valence-corrected chi connectivity index (χ1v) is 9.01. The number of rotatable bonds is 4. The maximum atomic E-state index is 12.2. The Bertz CT molecular complexity index is 533. The predicted molar refractivity (Wildman–Crippen MR) is 92.4 cm³/mol. The molecule has 5 heteroatoms. The Morgan fingerprint density at radius 2 is 1.96 bits per heavy atom. The molecule has 3 rings (SSSR count). The lowest BCUT2D eigenvalue weighted by atomic mass is 9.84. The number of nitrogens with zero attached hydrogens (tertiary/aromatic N) is 3. The van der Waals surface area contributed by atoms with Crippen molar-refractivity contribution in [1.29, 1.82) is 0 Å². The molecule has 0 unspecified atom stereocenters. The van der Waals surface area contributed by atoms with Crippen molar-refractivity contribution in [2.45, 2.75) is 58.9 Å². The number of amides is 1. The summed E-state index contributed by atoms with van der Waals surface area (Å²) in [6.07, 6.45) is 8.29. The smallest absolute Gasteiger partial charge is 0.230 e. The minimum Gasteiger partial charge on any atom is -0.310 e. The Balaban J connectivity index is 1.56. The normalized spacial score (nSPS) is 21.2. The molecular formula is C18H30N4O. The van der Waals surface area contributed by atoms with Crippen molar-refractivity contribution >= 4 is 11.7 Å². The minimum absolute atomic E-state index is 0.0432. The van der Waals surface area contributed by atoms with Crippen LogP contribution in [-0.2, 0) is 4.79 Å². The van der Waals surface area contributed by atoms with Crippen molar-refractivity contribution in [1.82, 2.24) is 14.7 Å². The molecule has 5 nitrogen and oxygen atoms in total. The molecule has 0 radical (unpaired) electrons. The molecule has 0 aromatic carbocycles. The van der Waals surface area contributed by atoms with Gasteiger partial charge in [-0.2, -0.15) is 5.10 Å². The number of carbonyl (C=O) groups is 1. The van der Waals surface area contributed by atoms with E-state index in [9.17, 15) is 4.79 Å². The second-order valence-electron chi connectivity index (χ2n) is 8.19. The van der Waals surface area contributed by atoms with E-state index in [2.05, 4.69) is 15.3 Å². The lowest BCUT2D eigenvalue weighted by Gasteiger charge is -2.37. The van der Waals surface area contributed by atoms with Crippen LogP contribution in [0.1, 0.15) is 58.9 Å². The van der Waals surface area contributed by atoms with E-state index in [0.717, 1.165) is 37.7 Å². The Morgan fingerprint density at radius 1 is 1.26 bits per heavy atom. The van der Waals surface area contributed by atoms with Gasteiger partial charge in [0.25, 0.3) is 0 Å². The molecule has 1 aromatic heterocycles. The van der Waals surface area contributed by atoms with E-state index in [1.807, 2.05) is 31.5 Å². The van der Waals surface area contributed by atoms with Crippen molar-refractivity contribution in [2.75, 3.05) is 25.0 Å². The Kier molecular flexibility index (Phi) is 4.76. The van der Waals surface area contributed by atoms with Crippen LogP contribution < -0.4 is 5.32 Å². The van der Waals surface area contributed by atoms with Gasteiger partial charge in [-0.15, -0.1) is 0 Å². The topological polar surface area (TPSA) is 50.2 Å². The maximum absolute atomic E-state index is 12.2. The van der Waals surface area contributed by atoms with Crippen molar-refractivity contribution in [2.24, 2.45) is 11.3 Å². The van der Waals surface area contributed by atoms with Crippen LogP contribution in [0.4, 0.5) is 5.82 Å². The molecular weight excluding hydrogens is 288 g/mol. The number of carbonyl (C=O) groups excluding carboxylic acids is 1. The van der Waals surface area contributed by atoms with Gasteiger partial charge < -0.3 is 10.2 Å². The Labute approximate surface area is 139 Å². The van der Waals surface area contributed by atoms with Crippen LogP contribution in [0, 0.1) is 11.3 Å². The van der Waals surface area contributed by atoms with Crippen molar-refractivity contribution in [3.05, 3.63) is 12.3 Å². The van der Waals surface area contributed by atoms with Crippen LogP contribution in [0.15, 0.2) is 12.3 Å². The number of piperidine rings is 1. The van der Waals surface area contributed by atoms with E-state index < -0.39 is 0 Å². The summed E-state index contributed by atoms with van der Waals surface area (Å²) in [5.41, 5.74) is -0.388. The van der Waals surface area contributed by atoms with E-state index in [-0.39, 0.29) is 11.3 Å². The molecule has 23 heavy (non-hydrogen) atoms. The third kappa shape index (κ3) is 3.94. The molecule has 2 aliphatic rings. The summed E-state index contributed by atoms with van der Waals surface area (Å²) in [7, 11) is 0. The highest BCUT2D eigenvalue weighted by molar-refractivity contribution is 5.93. The lowest BCUT2D eigenvalue weighted by molar-refractivity contribution is -0.123. The summed E-state index contributed by atoms with van der Waals surface area (Å²) in [6, 6.07) is 2.31. The van der Waals surface area contributed by atoms with Crippen LogP contribution in [0.3, 0.4) is 0 Å². The first-order chi connectivity index (χ1) is 10.9. The van der Waals surface area contributed by atoms with Crippen LogP contribution in [0.5, 0.6) is 0 Å². The van der Waals surface area contributed by atoms with Crippen LogP contribution in [0.25, 0.3) is 0 Å². The van der Waals surface area contributed by atoms with Gasteiger partial charge in [0.05, 0.1) is 12.2 Å². The maximum Gasteiger partial charge on any atom is 0.230 e. The average Bonchev–Trinajstić information content (AvgIpc) is 2.91. The van der Waals surface area contributed by atoms with Crippen molar-refractivity contribution in [3.63, 3.8) is 0 Å². The summed E-state index contributed by atoms with van der Waals surface area (Å²) in [5, 5.41) is 7.51. The molecule has 1 aliphatic heterocycles. The zero-order chi connectivity index (χ0) is 16.4. The van der Waals surface area contributed by atoms with Crippen LogP contribution in [0.2, 0.25) is 0 Å². The molecule has 1 N–H and O–H groups in total. The Morgan fingerprint density at radius 3 is 2.52 bits per heavy atom. The minimum atomic E-state index is -0.388. The number of hydrogen-bond acceptors (Lipinski definition) is 3. The fourth-order valence-electron chi connectivity index (χ4n) is 3.40. The molecule has 0 atom stereocenters. The molecule has 1 saturated carbocycles. The Hall–Kier alpha value is -1.36. The molecule has 2 heterocycles. The number of hydrogen-bond donors (Lipinski definition) is 1. The first-order valence-electron chi connectivity index (χ1n) is 9.01.